The minimum Gasteiger partial charge on any atom is -0.272 e. The number of amides is 1. The number of hydrogen-bond donors (Lipinski definition) is 1. The van der Waals surface area contributed by atoms with Crippen LogP contribution in [0.4, 0.5) is 0 Å². The highest BCUT2D eigenvalue weighted by Gasteiger charge is 2.28. The number of carbonyl (C=O) groups is 1. The van der Waals surface area contributed by atoms with Crippen molar-refractivity contribution < 1.29 is 4.79 Å². The number of benzene rings is 2. The molecule has 25 heavy (non-hydrogen) atoms. The van der Waals surface area contributed by atoms with Crippen LogP contribution in [0.1, 0.15) is 48.5 Å². The Morgan fingerprint density at radius 1 is 0.960 bits per heavy atom. The maximum atomic E-state index is 12.2. The molecule has 1 amide bonds. The second kappa shape index (κ2) is 7.44. The fraction of sp³-hybridized carbons (Fsp3) is 0.333. The molecule has 0 atom stereocenters. The van der Waals surface area contributed by atoms with Gasteiger partial charge in [0.15, 0.2) is 0 Å². The van der Waals surface area contributed by atoms with Crippen molar-refractivity contribution in [1.82, 2.24) is 5.43 Å². The van der Waals surface area contributed by atoms with Gasteiger partial charge >= 0.3 is 0 Å². The monoisotopic (exact) mass is 350 g/mol. The van der Waals surface area contributed by atoms with E-state index < -0.39 is 0 Å². The molecule has 1 N–H and O–H groups in total. The lowest BCUT2D eigenvalue weighted by molar-refractivity contribution is -0.118. The Hall–Kier alpha value is -2.07. The molecule has 4 heteroatoms. The van der Waals surface area contributed by atoms with Gasteiger partial charge in [0.1, 0.15) is 0 Å². The van der Waals surface area contributed by atoms with Crippen LogP contribution in [-0.2, 0) is 4.79 Å². The highest BCUT2D eigenvalue weighted by Crippen LogP contribution is 2.49. The first-order chi connectivity index (χ1) is 12.3. The summed E-state index contributed by atoms with van der Waals surface area (Å²) in [5, 5.41) is 4.54. The predicted octanol–water partition coefficient (Wildman–Crippen LogP) is 4.93. The van der Waals surface area contributed by atoms with E-state index in [9.17, 15) is 4.79 Å². The van der Waals surface area contributed by atoms with Crippen LogP contribution in [0.25, 0.3) is 11.1 Å². The molecule has 0 aliphatic heterocycles. The van der Waals surface area contributed by atoms with Gasteiger partial charge in [-0.15, -0.1) is 11.8 Å². The molecule has 1 saturated carbocycles. The van der Waals surface area contributed by atoms with E-state index in [4.69, 9.17) is 0 Å². The number of hydrazone groups is 1. The Kier molecular flexibility index (Phi) is 4.88. The van der Waals surface area contributed by atoms with Gasteiger partial charge < -0.3 is 0 Å². The molecule has 0 saturated heterocycles. The van der Waals surface area contributed by atoms with E-state index in [0.717, 1.165) is 18.6 Å². The molecule has 0 radical (unpaired) electrons. The fourth-order valence-electron chi connectivity index (χ4n) is 3.69. The minimum atomic E-state index is -0.00932. The normalized spacial score (nSPS) is 16.2. The molecular formula is C21H22N2OS. The third kappa shape index (κ3) is 3.49. The number of nitrogens with one attached hydrogen (secondary N) is 1. The highest BCUT2D eigenvalue weighted by atomic mass is 32.2. The lowest BCUT2D eigenvalue weighted by Gasteiger charge is -2.14. The largest absolute Gasteiger partial charge is 0.272 e. The van der Waals surface area contributed by atoms with Gasteiger partial charge in [0.2, 0.25) is 5.91 Å². The van der Waals surface area contributed by atoms with Crippen molar-refractivity contribution in [3.8, 4) is 11.1 Å². The van der Waals surface area contributed by atoms with E-state index in [1.807, 2.05) is 0 Å². The van der Waals surface area contributed by atoms with E-state index in [1.54, 1.807) is 11.8 Å². The van der Waals surface area contributed by atoms with Crippen LogP contribution in [-0.4, -0.2) is 17.4 Å². The summed E-state index contributed by atoms with van der Waals surface area (Å²) in [6, 6.07) is 17.0. The van der Waals surface area contributed by atoms with Crippen molar-refractivity contribution in [1.29, 1.82) is 0 Å². The van der Waals surface area contributed by atoms with E-state index in [1.165, 1.54) is 41.5 Å². The zero-order valence-electron chi connectivity index (χ0n) is 14.2. The van der Waals surface area contributed by atoms with E-state index in [0.29, 0.717) is 5.75 Å². The van der Waals surface area contributed by atoms with Crippen molar-refractivity contribution in [3.63, 3.8) is 0 Å². The zero-order valence-corrected chi connectivity index (χ0v) is 15.0. The SMILES string of the molecule is O=C(CSC1c2ccccc2-c2ccccc21)NN=C1CCCCC1. The van der Waals surface area contributed by atoms with Crippen molar-refractivity contribution in [2.45, 2.75) is 37.4 Å². The second-order valence-corrected chi connectivity index (χ2v) is 7.73. The first-order valence-electron chi connectivity index (χ1n) is 8.97. The van der Waals surface area contributed by atoms with Gasteiger partial charge in [-0.2, -0.15) is 5.10 Å². The second-order valence-electron chi connectivity index (χ2n) is 6.64. The summed E-state index contributed by atoms with van der Waals surface area (Å²) < 4.78 is 0. The zero-order chi connectivity index (χ0) is 17.1. The molecule has 0 bridgehead atoms. The Balaban J connectivity index is 1.43. The summed E-state index contributed by atoms with van der Waals surface area (Å²) in [5.41, 5.74) is 9.08. The van der Waals surface area contributed by atoms with Crippen molar-refractivity contribution in [3.05, 3.63) is 59.7 Å². The molecule has 2 aromatic rings. The van der Waals surface area contributed by atoms with E-state index in [2.05, 4.69) is 59.1 Å². The van der Waals surface area contributed by atoms with Gasteiger partial charge in [0.05, 0.1) is 11.0 Å². The number of rotatable bonds is 4. The number of fused-ring (bicyclic) bond motifs is 3. The van der Waals surface area contributed by atoms with Gasteiger partial charge in [-0.05, 0) is 47.9 Å². The van der Waals surface area contributed by atoms with Gasteiger partial charge in [0, 0.05) is 5.71 Å². The third-order valence-electron chi connectivity index (χ3n) is 4.93. The average Bonchev–Trinajstić information content (AvgIpc) is 2.99. The number of thioether (sulfide) groups is 1. The predicted molar refractivity (Wildman–Crippen MR) is 105 cm³/mol. The summed E-state index contributed by atoms with van der Waals surface area (Å²) >= 11 is 1.68. The summed E-state index contributed by atoms with van der Waals surface area (Å²) in [6.45, 7) is 0. The summed E-state index contributed by atoms with van der Waals surface area (Å²) in [6.07, 6.45) is 5.72. The molecule has 4 rings (SSSR count). The van der Waals surface area contributed by atoms with Crippen LogP contribution in [0.3, 0.4) is 0 Å². The first-order valence-corrected chi connectivity index (χ1v) is 10.0. The third-order valence-corrected chi connectivity index (χ3v) is 6.20. The molecule has 0 unspecified atom stereocenters. The molecule has 128 valence electrons. The van der Waals surface area contributed by atoms with E-state index in [-0.39, 0.29) is 11.2 Å². The van der Waals surface area contributed by atoms with Crippen LogP contribution in [0.5, 0.6) is 0 Å². The Morgan fingerprint density at radius 3 is 2.20 bits per heavy atom. The van der Waals surface area contributed by atoms with Gasteiger partial charge in [-0.1, -0.05) is 55.0 Å². The fourth-order valence-corrected chi connectivity index (χ4v) is 4.85. The number of nitrogens with zero attached hydrogens (tertiary/aromatic N) is 1. The van der Waals surface area contributed by atoms with Crippen molar-refractivity contribution in [2.75, 3.05) is 5.75 Å². The quantitative estimate of drug-likeness (QED) is 0.795. The van der Waals surface area contributed by atoms with Gasteiger partial charge in [-0.3, -0.25) is 4.79 Å². The Labute approximate surface area is 152 Å². The Bertz CT molecular complexity index is 762. The molecule has 0 heterocycles. The standard InChI is InChI=1S/C21H22N2OS/c24-20(23-22-15-8-2-1-3-9-15)14-25-21-18-12-6-4-10-16(18)17-11-5-7-13-19(17)21/h4-7,10-13,21H,1-3,8-9,14H2,(H,23,24). The molecule has 2 aliphatic rings. The maximum Gasteiger partial charge on any atom is 0.250 e. The van der Waals surface area contributed by atoms with Crippen LogP contribution < -0.4 is 5.43 Å². The van der Waals surface area contributed by atoms with E-state index >= 15 is 0 Å². The summed E-state index contributed by atoms with van der Waals surface area (Å²) in [4.78, 5) is 12.2. The number of carbonyl (C=O) groups excluding carboxylic acids is 1. The van der Waals surface area contributed by atoms with Crippen molar-refractivity contribution in [2.24, 2.45) is 5.10 Å². The van der Waals surface area contributed by atoms with Crippen molar-refractivity contribution >= 4 is 23.4 Å². The summed E-state index contributed by atoms with van der Waals surface area (Å²) in [7, 11) is 0. The highest BCUT2D eigenvalue weighted by molar-refractivity contribution is 8.00. The minimum absolute atomic E-state index is 0.00932. The molecular weight excluding hydrogens is 328 g/mol. The first kappa shape index (κ1) is 16.4. The molecule has 2 aromatic carbocycles. The molecule has 1 fully saturated rings. The Morgan fingerprint density at radius 2 is 1.56 bits per heavy atom. The summed E-state index contributed by atoms with van der Waals surface area (Å²) in [5.74, 6) is 0.411. The lowest BCUT2D eigenvalue weighted by Crippen LogP contribution is -2.22. The van der Waals surface area contributed by atoms with Crippen LogP contribution >= 0.6 is 11.8 Å². The maximum absolute atomic E-state index is 12.2. The van der Waals surface area contributed by atoms with Crippen LogP contribution in [0, 0.1) is 0 Å². The molecule has 0 spiro atoms. The number of hydrogen-bond acceptors (Lipinski definition) is 3. The topological polar surface area (TPSA) is 41.5 Å². The lowest BCUT2D eigenvalue weighted by atomic mass is 9.99. The van der Waals surface area contributed by atoms with Gasteiger partial charge in [-0.25, -0.2) is 5.43 Å². The van der Waals surface area contributed by atoms with Gasteiger partial charge in [0.25, 0.3) is 0 Å². The van der Waals surface area contributed by atoms with Crippen LogP contribution in [0.15, 0.2) is 53.6 Å². The molecule has 3 nitrogen and oxygen atoms in total. The molecule has 2 aliphatic carbocycles. The van der Waals surface area contributed by atoms with Crippen LogP contribution in [0.2, 0.25) is 0 Å². The molecule has 0 aromatic heterocycles. The smallest absolute Gasteiger partial charge is 0.250 e. The average molecular weight is 350 g/mol.